The predicted octanol–water partition coefficient (Wildman–Crippen LogP) is 1.43. The van der Waals surface area contributed by atoms with E-state index in [1.54, 1.807) is 6.20 Å². The Labute approximate surface area is 112 Å². The van der Waals surface area contributed by atoms with Gasteiger partial charge in [0.2, 0.25) is 0 Å². The summed E-state index contributed by atoms with van der Waals surface area (Å²) < 4.78 is 1.48. The maximum absolute atomic E-state index is 12.1. The molecule has 0 amide bonds. The van der Waals surface area contributed by atoms with E-state index in [1.165, 1.54) is 4.68 Å². The SMILES string of the molecule is CCNCc1cc(-c2ccccn2)nn(CC)c1=O. The van der Waals surface area contributed by atoms with E-state index in [0.717, 1.165) is 23.5 Å². The summed E-state index contributed by atoms with van der Waals surface area (Å²) in [5, 5.41) is 7.52. The highest BCUT2D eigenvalue weighted by molar-refractivity contribution is 5.53. The molecule has 0 atom stereocenters. The molecular weight excluding hydrogens is 240 g/mol. The van der Waals surface area contributed by atoms with Gasteiger partial charge in [-0.05, 0) is 31.7 Å². The third-order valence-corrected chi connectivity index (χ3v) is 2.84. The molecule has 0 aromatic carbocycles. The van der Waals surface area contributed by atoms with Gasteiger partial charge in [0.1, 0.15) is 5.69 Å². The molecule has 2 aromatic rings. The lowest BCUT2D eigenvalue weighted by Gasteiger charge is -2.09. The van der Waals surface area contributed by atoms with Gasteiger partial charge in [-0.2, -0.15) is 5.10 Å². The van der Waals surface area contributed by atoms with Gasteiger partial charge in [0.25, 0.3) is 5.56 Å². The molecule has 0 saturated heterocycles. The van der Waals surface area contributed by atoms with Crippen molar-refractivity contribution in [1.29, 1.82) is 0 Å². The number of nitrogens with zero attached hydrogens (tertiary/aromatic N) is 3. The number of aryl methyl sites for hydroxylation is 1. The van der Waals surface area contributed by atoms with Crippen LogP contribution in [0.4, 0.5) is 0 Å². The summed E-state index contributed by atoms with van der Waals surface area (Å²) in [4.78, 5) is 16.4. The molecule has 19 heavy (non-hydrogen) atoms. The van der Waals surface area contributed by atoms with Crippen LogP contribution in [0.5, 0.6) is 0 Å². The summed E-state index contributed by atoms with van der Waals surface area (Å²) in [7, 11) is 0. The molecule has 2 rings (SSSR count). The molecule has 1 N–H and O–H groups in total. The smallest absolute Gasteiger partial charge is 0.271 e. The summed E-state index contributed by atoms with van der Waals surface area (Å²) in [6, 6.07) is 7.48. The fourth-order valence-electron chi connectivity index (χ4n) is 1.84. The van der Waals surface area contributed by atoms with Crippen molar-refractivity contribution in [3.8, 4) is 11.4 Å². The summed E-state index contributed by atoms with van der Waals surface area (Å²) in [5.41, 5.74) is 2.19. The Morgan fingerprint density at radius 1 is 1.26 bits per heavy atom. The number of hydrogen-bond acceptors (Lipinski definition) is 4. The molecule has 0 fully saturated rings. The lowest BCUT2D eigenvalue weighted by molar-refractivity contribution is 0.600. The van der Waals surface area contributed by atoms with Gasteiger partial charge in [-0.3, -0.25) is 9.78 Å². The van der Waals surface area contributed by atoms with Crippen molar-refractivity contribution in [3.05, 3.63) is 46.4 Å². The monoisotopic (exact) mass is 258 g/mol. The van der Waals surface area contributed by atoms with Crippen LogP contribution in [0.15, 0.2) is 35.3 Å². The van der Waals surface area contributed by atoms with E-state index in [1.807, 2.05) is 38.1 Å². The molecule has 0 radical (unpaired) electrons. The van der Waals surface area contributed by atoms with Gasteiger partial charge >= 0.3 is 0 Å². The molecular formula is C14H18N4O. The van der Waals surface area contributed by atoms with Crippen LogP contribution in [0.2, 0.25) is 0 Å². The van der Waals surface area contributed by atoms with Crippen LogP contribution in [-0.2, 0) is 13.1 Å². The Balaban J connectivity index is 2.48. The molecule has 0 spiro atoms. The van der Waals surface area contributed by atoms with Crippen molar-refractivity contribution in [3.63, 3.8) is 0 Å². The molecule has 0 aliphatic rings. The lowest BCUT2D eigenvalue weighted by Crippen LogP contribution is -2.29. The molecule has 100 valence electrons. The zero-order chi connectivity index (χ0) is 13.7. The van der Waals surface area contributed by atoms with Crippen molar-refractivity contribution in [2.75, 3.05) is 6.54 Å². The van der Waals surface area contributed by atoms with E-state index in [2.05, 4.69) is 15.4 Å². The Morgan fingerprint density at radius 2 is 2.11 bits per heavy atom. The van der Waals surface area contributed by atoms with Crippen molar-refractivity contribution in [2.45, 2.75) is 26.9 Å². The van der Waals surface area contributed by atoms with Gasteiger partial charge in [-0.25, -0.2) is 4.68 Å². The van der Waals surface area contributed by atoms with Crippen molar-refractivity contribution in [1.82, 2.24) is 20.1 Å². The molecule has 0 aliphatic heterocycles. The lowest BCUT2D eigenvalue weighted by atomic mass is 10.2. The largest absolute Gasteiger partial charge is 0.313 e. The van der Waals surface area contributed by atoms with Gasteiger partial charge in [-0.15, -0.1) is 0 Å². The first-order chi connectivity index (χ1) is 9.26. The average molecular weight is 258 g/mol. The second-order valence-corrected chi connectivity index (χ2v) is 4.17. The normalized spacial score (nSPS) is 10.6. The Bertz CT molecular complexity index is 592. The Morgan fingerprint density at radius 3 is 2.74 bits per heavy atom. The van der Waals surface area contributed by atoms with Crippen LogP contribution in [-0.4, -0.2) is 21.3 Å². The summed E-state index contributed by atoms with van der Waals surface area (Å²) in [5.74, 6) is 0. The van der Waals surface area contributed by atoms with Gasteiger partial charge < -0.3 is 5.32 Å². The standard InChI is InChI=1S/C14H18N4O/c1-3-15-10-11-9-13(12-7-5-6-8-16-12)17-18(4-2)14(11)19/h5-9,15H,3-4,10H2,1-2H3. The van der Waals surface area contributed by atoms with E-state index in [9.17, 15) is 4.79 Å². The van der Waals surface area contributed by atoms with Crippen molar-refractivity contribution < 1.29 is 0 Å². The third kappa shape index (κ3) is 3.06. The van der Waals surface area contributed by atoms with Crippen LogP contribution in [0.1, 0.15) is 19.4 Å². The number of pyridine rings is 1. The van der Waals surface area contributed by atoms with Gasteiger partial charge in [0.15, 0.2) is 0 Å². The van der Waals surface area contributed by atoms with E-state index in [4.69, 9.17) is 0 Å². The fourth-order valence-corrected chi connectivity index (χ4v) is 1.84. The first-order valence-corrected chi connectivity index (χ1v) is 6.49. The van der Waals surface area contributed by atoms with Crippen molar-refractivity contribution >= 4 is 0 Å². The topological polar surface area (TPSA) is 59.8 Å². The summed E-state index contributed by atoms with van der Waals surface area (Å²) in [6.07, 6.45) is 1.72. The fraction of sp³-hybridized carbons (Fsp3) is 0.357. The summed E-state index contributed by atoms with van der Waals surface area (Å²) >= 11 is 0. The highest BCUT2D eigenvalue weighted by Gasteiger charge is 2.09. The maximum atomic E-state index is 12.1. The third-order valence-electron chi connectivity index (χ3n) is 2.84. The number of aromatic nitrogens is 3. The molecule has 5 heteroatoms. The van der Waals surface area contributed by atoms with Crippen LogP contribution in [0.3, 0.4) is 0 Å². The first-order valence-electron chi connectivity index (χ1n) is 6.49. The molecule has 2 aromatic heterocycles. The zero-order valence-corrected chi connectivity index (χ0v) is 11.3. The van der Waals surface area contributed by atoms with E-state index in [-0.39, 0.29) is 5.56 Å². The quantitative estimate of drug-likeness (QED) is 0.881. The molecule has 0 unspecified atom stereocenters. The molecule has 0 aliphatic carbocycles. The van der Waals surface area contributed by atoms with Crippen LogP contribution in [0, 0.1) is 0 Å². The highest BCUT2D eigenvalue weighted by atomic mass is 16.1. The second kappa shape index (κ2) is 6.24. The number of hydrogen-bond donors (Lipinski definition) is 1. The van der Waals surface area contributed by atoms with Gasteiger partial charge in [-0.1, -0.05) is 13.0 Å². The van der Waals surface area contributed by atoms with Gasteiger partial charge in [0, 0.05) is 24.8 Å². The molecule has 0 bridgehead atoms. The van der Waals surface area contributed by atoms with Crippen LogP contribution >= 0.6 is 0 Å². The van der Waals surface area contributed by atoms with E-state index >= 15 is 0 Å². The molecule has 2 heterocycles. The van der Waals surface area contributed by atoms with Crippen LogP contribution < -0.4 is 10.9 Å². The average Bonchev–Trinajstić information content (AvgIpc) is 2.47. The Kier molecular flexibility index (Phi) is 4.41. The first kappa shape index (κ1) is 13.4. The minimum Gasteiger partial charge on any atom is -0.313 e. The minimum absolute atomic E-state index is 0.0388. The number of nitrogens with one attached hydrogen (secondary N) is 1. The maximum Gasteiger partial charge on any atom is 0.271 e. The minimum atomic E-state index is -0.0388. The van der Waals surface area contributed by atoms with E-state index < -0.39 is 0 Å². The summed E-state index contributed by atoms with van der Waals surface area (Å²) in [6.45, 7) is 5.86. The van der Waals surface area contributed by atoms with Crippen LogP contribution in [0.25, 0.3) is 11.4 Å². The van der Waals surface area contributed by atoms with E-state index in [0.29, 0.717) is 13.1 Å². The van der Waals surface area contributed by atoms with Crippen molar-refractivity contribution in [2.24, 2.45) is 0 Å². The Hall–Kier alpha value is -2.01. The highest BCUT2D eigenvalue weighted by Crippen LogP contribution is 2.12. The zero-order valence-electron chi connectivity index (χ0n) is 11.3. The molecule has 5 nitrogen and oxygen atoms in total. The predicted molar refractivity (Wildman–Crippen MR) is 74.8 cm³/mol. The molecule has 0 saturated carbocycles. The van der Waals surface area contributed by atoms with Gasteiger partial charge in [0.05, 0.1) is 5.69 Å². The number of rotatable bonds is 5. The second-order valence-electron chi connectivity index (χ2n) is 4.17.